The van der Waals surface area contributed by atoms with E-state index in [-0.39, 0.29) is 23.7 Å². The Bertz CT molecular complexity index is 1240. The van der Waals surface area contributed by atoms with Crippen LogP contribution in [0.25, 0.3) is 0 Å². The van der Waals surface area contributed by atoms with Gasteiger partial charge in [0, 0.05) is 16.9 Å². The van der Waals surface area contributed by atoms with Crippen LogP contribution >= 0.6 is 11.6 Å². The average Bonchev–Trinajstić information content (AvgIpc) is 2.99. The fourth-order valence-corrected chi connectivity index (χ4v) is 6.35. The van der Waals surface area contributed by atoms with Crippen LogP contribution in [0, 0.1) is 11.3 Å². The van der Waals surface area contributed by atoms with E-state index in [0.29, 0.717) is 16.5 Å². The van der Waals surface area contributed by atoms with Crippen molar-refractivity contribution in [1.82, 2.24) is 0 Å². The zero-order chi connectivity index (χ0) is 21.5. The summed E-state index contributed by atoms with van der Waals surface area (Å²) >= 11 is 6.25. The quantitative estimate of drug-likeness (QED) is 0.530. The summed E-state index contributed by atoms with van der Waals surface area (Å²) in [5.74, 6) is -0.737. The van der Waals surface area contributed by atoms with E-state index in [1.54, 1.807) is 18.2 Å². The van der Waals surface area contributed by atoms with Gasteiger partial charge in [0.15, 0.2) is 0 Å². The third-order valence-electron chi connectivity index (χ3n) is 7.40. The summed E-state index contributed by atoms with van der Waals surface area (Å²) in [5.41, 5.74) is 4.12. The summed E-state index contributed by atoms with van der Waals surface area (Å²) in [6.45, 7) is 1.96. The maximum atomic E-state index is 14.1. The molecular formula is C26H20ClNO3. The second-order valence-corrected chi connectivity index (χ2v) is 9.16. The van der Waals surface area contributed by atoms with Crippen molar-refractivity contribution >= 4 is 29.1 Å². The zero-order valence-electron chi connectivity index (χ0n) is 17.1. The molecule has 1 saturated heterocycles. The van der Waals surface area contributed by atoms with Crippen LogP contribution in [0.2, 0.25) is 5.02 Å². The lowest BCUT2D eigenvalue weighted by atomic mass is 9.48. The summed E-state index contributed by atoms with van der Waals surface area (Å²) in [4.78, 5) is 29.3. The van der Waals surface area contributed by atoms with E-state index >= 15 is 0 Å². The van der Waals surface area contributed by atoms with Gasteiger partial charge in [0.1, 0.15) is 5.75 Å². The van der Waals surface area contributed by atoms with Crippen molar-refractivity contribution in [3.63, 3.8) is 0 Å². The number of carbonyl (C=O) groups excluding carboxylic acids is 2. The number of imide groups is 1. The Morgan fingerprint density at radius 3 is 2.06 bits per heavy atom. The van der Waals surface area contributed by atoms with Gasteiger partial charge in [0.25, 0.3) is 0 Å². The molecule has 5 heteroatoms. The number of hydrogen-bond acceptors (Lipinski definition) is 3. The first-order chi connectivity index (χ1) is 15.0. The number of carbonyl (C=O) groups is 2. The minimum absolute atomic E-state index is 0.158. The van der Waals surface area contributed by atoms with E-state index in [2.05, 4.69) is 24.3 Å². The topological polar surface area (TPSA) is 46.6 Å². The Balaban J connectivity index is 1.62. The van der Waals surface area contributed by atoms with Crippen LogP contribution in [0.4, 0.5) is 5.69 Å². The van der Waals surface area contributed by atoms with E-state index in [0.717, 1.165) is 22.3 Å². The minimum Gasteiger partial charge on any atom is -0.495 e. The molecule has 3 aromatic rings. The van der Waals surface area contributed by atoms with E-state index < -0.39 is 11.3 Å². The smallest absolute Gasteiger partial charge is 0.241 e. The maximum absolute atomic E-state index is 14.1. The molecule has 4 aliphatic rings. The highest BCUT2D eigenvalue weighted by Gasteiger charge is 2.69. The first-order valence-corrected chi connectivity index (χ1v) is 10.8. The number of halogens is 1. The molecule has 0 spiro atoms. The third kappa shape index (κ3) is 2.16. The van der Waals surface area contributed by atoms with Crippen molar-refractivity contribution in [3.05, 3.63) is 94.0 Å². The van der Waals surface area contributed by atoms with Gasteiger partial charge >= 0.3 is 0 Å². The number of nitrogens with zero attached hydrogens (tertiary/aromatic N) is 1. The van der Waals surface area contributed by atoms with Gasteiger partial charge in [-0.05, 0) is 47.4 Å². The van der Waals surface area contributed by atoms with Gasteiger partial charge < -0.3 is 4.74 Å². The van der Waals surface area contributed by atoms with Crippen LogP contribution < -0.4 is 9.64 Å². The number of rotatable bonds is 2. The highest BCUT2D eigenvalue weighted by atomic mass is 35.5. The third-order valence-corrected chi connectivity index (χ3v) is 7.63. The Morgan fingerprint density at radius 2 is 1.48 bits per heavy atom. The standard InChI is InChI=1S/C26H20ClNO3/c1-26-22-17-9-5-3-7-15(17)21(16-8-4-6-10-18(16)22)23(26)24(29)28(25(26)30)19-13-14(27)11-12-20(19)31-2/h3-13,21-23H,1-2H3. The molecule has 0 aromatic heterocycles. The van der Waals surface area contributed by atoms with E-state index in [4.69, 9.17) is 16.3 Å². The van der Waals surface area contributed by atoms with Crippen LogP contribution in [0.1, 0.15) is 41.0 Å². The number of anilines is 1. The van der Waals surface area contributed by atoms with Crippen LogP contribution in [-0.2, 0) is 9.59 Å². The largest absolute Gasteiger partial charge is 0.495 e. The molecule has 2 bridgehead atoms. The van der Waals surface area contributed by atoms with Crippen LogP contribution in [0.3, 0.4) is 0 Å². The Morgan fingerprint density at radius 1 is 0.903 bits per heavy atom. The molecule has 31 heavy (non-hydrogen) atoms. The highest BCUT2D eigenvalue weighted by Crippen LogP contribution is 2.67. The molecule has 7 rings (SSSR count). The molecular weight excluding hydrogens is 410 g/mol. The molecule has 1 fully saturated rings. The van der Waals surface area contributed by atoms with Gasteiger partial charge in [0.2, 0.25) is 11.8 Å². The molecule has 3 aromatic carbocycles. The number of ether oxygens (including phenoxy) is 1. The average molecular weight is 430 g/mol. The van der Waals surface area contributed by atoms with Crippen molar-refractivity contribution < 1.29 is 14.3 Å². The molecule has 4 nitrogen and oxygen atoms in total. The Labute approximate surface area is 185 Å². The lowest BCUT2D eigenvalue weighted by Gasteiger charge is -2.51. The first-order valence-electron chi connectivity index (χ1n) is 10.4. The lowest BCUT2D eigenvalue weighted by molar-refractivity contribution is -0.128. The fraction of sp³-hybridized carbons (Fsp3) is 0.231. The molecule has 1 heterocycles. The first kappa shape index (κ1) is 18.6. The molecule has 0 saturated carbocycles. The van der Waals surface area contributed by atoms with Crippen molar-refractivity contribution in [2.24, 2.45) is 11.3 Å². The van der Waals surface area contributed by atoms with Crippen LogP contribution in [-0.4, -0.2) is 18.9 Å². The number of benzene rings is 3. The van der Waals surface area contributed by atoms with Crippen LogP contribution in [0.5, 0.6) is 5.75 Å². The van der Waals surface area contributed by atoms with Crippen molar-refractivity contribution in [2.75, 3.05) is 12.0 Å². The molecule has 1 aliphatic heterocycles. The summed E-state index contributed by atoms with van der Waals surface area (Å²) in [6, 6.07) is 21.5. The monoisotopic (exact) mass is 429 g/mol. The highest BCUT2D eigenvalue weighted by molar-refractivity contribution is 6.32. The van der Waals surface area contributed by atoms with Crippen molar-refractivity contribution in [3.8, 4) is 5.75 Å². The van der Waals surface area contributed by atoms with Gasteiger partial charge in [-0.2, -0.15) is 0 Å². The summed E-state index contributed by atoms with van der Waals surface area (Å²) in [7, 11) is 1.53. The molecule has 2 amide bonds. The molecule has 3 aliphatic carbocycles. The lowest BCUT2D eigenvalue weighted by Crippen LogP contribution is -2.49. The number of methoxy groups -OCH3 is 1. The fourth-order valence-electron chi connectivity index (χ4n) is 6.18. The van der Waals surface area contributed by atoms with Gasteiger partial charge in [0.05, 0.1) is 24.1 Å². The summed E-state index contributed by atoms with van der Waals surface area (Å²) < 4.78 is 5.48. The van der Waals surface area contributed by atoms with E-state index in [9.17, 15) is 9.59 Å². The zero-order valence-corrected chi connectivity index (χ0v) is 17.9. The Kier molecular flexibility index (Phi) is 3.73. The second-order valence-electron chi connectivity index (χ2n) is 8.72. The SMILES string of the molecule is COc1ccc(Cl)cc1N1C(=O)C2C3c4ccccc4C(c4ccccc43)C2(C)C1=O. The van der Waals surface area contributed by atoms with Gasteiger partial charge in [-0.3, -0.25) is 9.59 Å². The molecule has 2 atom stereocenters. The molecule has 0 N–H and O–H groups in total. The number of hydrogen-bond donors (Lipinski definition) is 0. The normalized spacial score (nSPS) is 27.7. The Hall–Kier alpha value is -3.11. The second kappa shape index (κ2) is 6.21. The predicted octanol–water partition coefficient (Wildman–Crippen LogP) is 5.14. The maximum Gasteiger partial charge on any atom is 0.241 e. The van der Waals surface area contributed by atoms with E-state index in [1.807, 2.05) is 31.2 Å². The number of amides is 2. The van der Waals surface area contributed by atoms with Gasteiger partial charge in [-0.15, -0.1) is 0 Å². The predicted molar refractivity (Wildman–Crippen MR) is 119 cm³/mol. The molecule has 154 valence electrons. The summed E-state index contributed by atoms with van der Waals surface area (Å²) in [5, 5.41) is 0.450. The van der Waals surface area contributed by atoms with Gasteiger partial charge in [-0.25, -0.2) is 4.90 Å². The van der Waals surface area contributed by atoms with Crippen molar-refractivity contribution in [2.45, 2.75) is 18.8 Å². The van der Waals surface area contributed by atoms with Crippen LogP contribution in [0.15, 0.2) is 66.7 Å². The molecule has 2 unspecified atom stereocenters. The van der Waals surface area contributed by atoms with E-state index in [1.165, 1.54) is 12.0 Å². The summed E-state index contributed by atoms with van der Waals surface area (Å²) in [6.07, 6.45) is 0. The molecule has 0 radical (unpaired) electrons. The van der Waals surface area contributed by atoms with Gasteiger partial charge in [-0.1, -0.05) is 60.1 Å². The van der Waals surface area contributed by atoms with Crippen molar-refractivity contribution in [1.29, 1.82) is 0 Å². The minimum atomic E-state index is -0.877.